The van der Waals surface area contributed by atoms with Crippen LogP contribution in [0.4, 0.5) is 0 Å². The molecular weight excluding hydrogens is 276 g/mol. The summed E-state index contributed by atoms with van der Waals surface area (Å²) >= 11 is 5.86. The molecule has 1 aliphatic carbocycles. The Morgan fingerprint density at radius 1 is 1.25 bits per heavy atom. The predicted molar refractivity (Wildman–Crippen MR) is 79.1 cm³/mol. The van der Waals surface area contributed by atoms with Crippen LogP contribution in [0.2, 0.25) is 5.02 Å². The summed E-state index contributed by atoms with van der Waals surface area (Å²) in [6.45, 7) is 2.20. The Balaban J connectivity index is 2.08. The fourth-order valence-electron chi connectivity index (χ4n) is 2.66. The van der Waals surface area contributed by atoms with E-state index in [1.165, 1.54) is 6.42 Å². The molecule has 1 atom stereocenters. The minimum atomic E-state index is -0.503. The zero-order chi connectivity index (χ0) is 14.4. The maximum atomic E-state index is 12.1. The minimum Gasteiger partial charge on any atom is -0.478 e. The standard InChI is InChI=1S/C16H21ClO3/c1-2-19-16(18)15(12-6-4-3-5-7-12)20-14-10-8-13(17)9-11-14/h8-12,15H,2-7H2,1H3. The first-order valence-electron chi connectivity index (χ1n) is 7.29. The lowest BCUT2D eigenvalue weighted by atomic mass is 9.85. The zero-order valence-corrected chi connectivity index (χ0v) is 12.6. The first-order chi connectivity index (χ1) is 9.70. The summed E-state index contributed by atoms with van der Waals surface area (Å²) < 4.78 is 11.1. The summed E-state index contributed by atoms with van der Waals surface area (Å²) in [6, 6.07) is 7.11. The van der Waals surface area contributed by atoms with E-state index in [9.17, 15) is 4.79 Å². The van der Waals surface area contributed by atoms with Crippen molar-refractivity contribution in [1.29, 1.82) is 0 Å². The number of benzene rings is 1. The lowest BCUT2D eigenvalue weighted by molar-refractivity contribution is -0.154. The molecule has 4 heteroatoms. The molecule has 1 aromatic carbocycles. The monoisotopic (exact) mass is 296 g/mol. The van der Waals surface area contributed by atoms with Crippen LogP contribution in [0, 0.1) is 5.92 Å². The first kappa shape index (κ1) is 15.2. The van der Waals surface area contributed by atoms with Crippen molar-refractivity contribution in [3.8, 4) is 5.75 Å². The van der Waals surface area contributed by atoms with E-state index >= 15 is 0 Å². The molecule has 0 N–H and O–H groups in total. The summed E-state index contributed by atoms with van der Waals surface area (Å²) in [7, 11) is 0. The Kier molecular flexibility index (Phi) is 5.72. The maximum absolute atomic E-state index is 12.1. The van der Waals surface area contributed by atoms with Crippen molar-refractivity contribution in [3.63, 3.8) is 0 Å². The highest BCUT2D eigenvalue weighted by Gasteiger charge is 2.32. The van der Waals surface area contributed by atoms with E-state index in [2.05, 4.69) is 0 Å². The SMILES string of the molecule is CCOC(=O)C(Oc1ccc(Cl)cc1)C1CCCCC1. The lowest BCUT2D eigenvalue weighted by Gasteiger charge is -2.29. The van der Waals surface area contributed by atoms with Crippen molar-refractivity contribution < 1.29 is 14.3 Å². The number of esters is 1. The maximum Gasteiger partial charge on any atom is 0.347 e. The summed E-state index contributed by atoms with van der Waals surface area (Å²) in [5.41, 5.74) is 0. The van der Waals surface area contributed by atoms with Gasteiger partial charge in [0.2, 0.25) is 0 Å². The topological polar surface area (TPSA) is 35.5 Å². The molecule has 0 radical (unpaired) electrons. The van der Waals surface area contributed by atoms with E-state index in [0.29, 0.717) is 17.4 Å². The van der Waals surface area contributed by atoms with Gasteiger partial charge < -0.3 is 9.47 Å². The number of halogens is 1. The van der Waals surface area contributed by atoms with Crippen molar-refractivity contribution in [2.24, 2.45) is 5.92 Å². The minimum absolute atomic E-state index is 0.249. The molecule has 0 bridgehead atoms. The summed E-state index contributed by atoms with van der Waals surface area (Å²) in [6.07, 6.45) is 5.10. The summed E-state index contributed by atoms with van der Waals surface area (Å²) in [5, 5.41) is 0.655. The van der Waals surface area contributed by atoms with E-state index < -0.39 is 6.10 Å². The van der Waals surface area contributed by atoms with Gasteiger partial charge in [-0.3, -0.25) is 0 Å². The average molecular weight is 297 g/mol. The highest BCUT2D eigenvalue weighted by Crippen LogP contribution is 2.30. The summed E-state index contributed by atoms with van der Waals surface area (Å²) in [5.74, 6) is 0.658. The van der Waals surface area contributed by atoms with Crippen LogP contribution >= 0.6 is 11.6 Å². The second-order valence-corrected chi connectivity index (χ2v) is 5.58. The molecule has 0 heterocycles. The highest BCUT2D eigenvalue weighted by molar-refractivity contribution is 6.30. The fourth-order valence-corrected chi connectivity index (χ4v) is 2.78. The third-order valence-electron chi connectivity index (χ3n) is 3.67. The Morgan fingerprint density at radius 2 is 1.90 bits per heavy atom. The average Bonchev–Trinajstić information content (AvgIpc) is 2.48. The van der Waals surface area contributed by atoms with Crippen LogP contribution in [0.1, 0.15) is 39.0 Å². The second-order valence-electron chi connectivity index (χ2n) is 5.14. The molecule has 1 aliphatic rings. The molecule has 0 aliphatic heterocycles. The highest BCUT2D eigenvalue weighted by atomic mass is 35.5. The van der Waals surface area contributed by atoms with Gasteiger partial charge in [0.1, 0.15) is 5.75 Å². The van der Waals surface area contributed by atoms with Crippen LogP contribution in [0.3, 0.4) is 0 Å². The Bertz CT molecular complexity index is 424. The van der Waals surface area contributed by atoms with Gasteiger partial charge in [0.05, 0.1) is 6.61 Å². The number of carbonyl (C=O) groups excluding carboxylic acids is 1. The lowest BCUT2D eigenvalue weighted by Crippen LogP contribution is -2.37. The van der Waals surface area contributed by atoms with Crippen LogP contribution in [0.5, 0.6) is 5.75 Å². The Hall–Kier alpha value is -1.22. The van der Waals surface area contributed by atoms with Crippen molar-refractivity contribution in [2.75, 3.05) is 6.61 Å². The normalized spacial score (nSPS) is 17.5. The molecule has 3 nitrogen and oxygen atoms in total. The molecule has 1 saturated carbocycles. The van der Waals surface area contributed by atoms with Crippen LogP contribution in [0.25, 0.3) is 0 Å². The molecule has 20 heavy (non-hydrogen) atoms. The van der Waals surface area contributed by atoms with Crippen molar-refractivity contribution in [1.82, 2.24) is 0 Å². The largest absolute Gasteiger partial charge is 0.478 e. The van der Waals surface area contributed by atoms with Crippen LogP contribution in [0.15, 0.2) is 24.3 Å². The van der Waals surface area contributed by atoms with Crippen LogP contribution in [-0.4, -0.2) is 18.7 Å². The van der Waals surface area contributed by atoms with Gasteiger partial charge in [-0.1, -0.05) is 30.9 Å². The van der Waals surface area contributed by atoms with E-state index in [1.54, 1.807) is 24.3 Å². The third kappa shape index (κ3) is 4.14. The van der Waals surface area contributed by atoms with Crippen molar-refractivity contribution in [2.45, 2.75) is 45.1 Å². The molecule has 0 spiro atoms. The smallest absolute Gasteiger partial charge is 0.347 e. The van der Waals surface area contributed by atoms with Gasteiger partial charge >= 0.3 is 5.97 Å². The molecule has 1 aromatic rings. The third-order valence-corrected chi connectivity index (χ3v) is 3.93. The molecule has 0 amide bonds. The predicted octanol–water partition coefficient (Wildman–Crippen LogP) is 4.23. The number of rotatable bonds is 5. The number of hydrogen-bond donors (Lipinski definition) is 0. The van der Waals surface area contributed by atoms with Gasteiger partial charge in [-0.15, -0.1) is 0 Å². The fraction of sp³-hybridized carbons (Fsp3) is 0.562. The Labute approximate surface area is 125 Å². The second kappa shape index (κ2) is 7.53. The van der Waals surface area contributed by atoms with Gasteiger partial charge in [-0.25, -0.2) is 4.79 Å². The first-order valence-corrected chi connectivity index (χ1v) is 7.67. The number of ether oxygens (including phenoxy) is 2. The zero-order valence-electron chi connectivity index (χ0n) is 11.8. The molecule has 0 aromatic heterocycles. The molecule has 1 unspecified atom stereocenters. The number of carbonyl (C=O) groups is 1. The molecule has 1 fully saturated rings. The van der Waals surface area contributed by atoms with Gasteiger partial charge in [-0.05, 0) is 44.0 Å². The number of hydrogen-bond acceptors (Lipinski definition) is 3. The van der Waals surface area contributed by atoms with Crippen LogP contribution < -0.4 is 4.74 Å². The van der Waals surface area contributed by atoms with Crippen molar-refractivity contribution >= 4 is 17.6 Å². The molecular formula is C16H21ClO3. The molecule has 2 rings (SSSR count). The summed E-state index contributed by atoms with van der Waals surface area (Å²) in [4.78, 5) is 12.1. The van der Waals surface area contributed by atoms with E-state index in [4.69, 9.17) is 21.1 Å². The Morgan fingerprint density at radius 3 is 2.50 bits per heavy atom. The van der Waals surface area contributed by atoms with Gasteiger partial charge in [0.15, 0.2) is 6.10 Å². The van der Waals surface area contributed by atoms with E-state index in [1.807, 2.05) is 6.92 Å². The van der Waals surface area contributed by atoms with Gasteiger partial charge in [0, 0.05) is 10.9 Å². The van der Waals surface area contributed by atoms with E-state index in [0.717, 1.165) is 25.7 Å². The van der Waals surface area contributed by atoms with Gasteiger partial charge in [0.25, 0.3) is 0 Å². The van der Waals surface area contributed by atoms with Crippen LogP contribution in [-0.2, 0) is 9.53 Å². The van der Waals surface area contributed by atoms with Crippen molar-refractivity contribution in [3.05, 3.63) is 29.3 Å². The molecule has 110 valence electrons. The quantitative estimate of drug-likeness (QED) is 0.763. The molecule has 0 saturated heterocycles. The van der Waals surface area contributed by atoms with Gasteiger partial charge in [-0.2, -0.15) is 0 Å². The van der Waals surface area contributed by atoms with E-state index in [-0.39, 0.29) is 11.9 Å².